The maximum atomic E-state index is 13.5. The van der Waals surface area contributed by atoms with E-state index in [0.717, 1.165) is 16.8 Å². The Morgan fingerprint density at radius 1 is 1.19 bits per heavy atom. The number of allylic oxidation sites excluding steroid dienone is 2. The van der Waals surface area contributed by atoms with Gasteiger partial charge in [-0.1, -0.05) is 36.9 Å². The number of hydrogen-bond acceptors (Lipinski definition) is 5. The number of rotatable bonds is 6. The number of nitrogens with one attached hydrogen (secondary N) is 1. The Kier molecular flexibility index (Phi) is 6.40. The summed E-state index contributed by atoms with van der Waals surface area (Å²) in [5.41, 5.74) is 4.59. The monoisotopic (exact) mass is 557 g/mol. The second kappa shape index (κ2) is 9.08. The first kappa shape index (κ1) is 22.6. The largest absolute Gasteiger partial charge is 0.487 e. The zero-order valence-electron chi connectivity index (χ0n) is 17.6. The van der Waals surface area contributed by atoms with Crippen molar-refractivity contribution in [3.8, 4) is 5.75 Å². The molecule has 1 heterocycles. The molecule has 7 heteroatoms. The Labute approximate surface area is 203 Å². The van der Waals surface area contributed by atoms with Crippen LogP contribution in [0.3, 0.4) is 0 Å². The third-order valence-corrected chi connectivity index (χ3v) is 6.62. The fourth-order valence-corrected chi connectivity index (χ4v) is 5.62. The molecule has 5 nitrogen and oxygen atoms in total. The number of carbonyl (C=O) groups excluding carboxylic acids is 2. The topological polar surface area (TPSA) is 64.6 Å². The lowest BCUT2D eigenvalue weighted by atomic mass is 9.80. The lowest BCUT2D eigenvalue weighted by Crippen LogP contribution is -2.29. The molecule has 4 rings (SSSR count). The van der Waals surface area contributed by atoms with Gasteiger partial charge in [-0.15, -0.1) is 0 Å². The molecular weight excluding hydrogens is 538 g/mol. The molecule has 0 radical (unpaired) electrons. The van der Waals surface area contributed by atoms with Gasteiger partial charge in [0.05, 0.1) is 26.8 Å². The first-order valence-electron chi connectivity index (χ1n) is 10.1. The molecule has 164 valence electrons. The average Bonchev–Trinajstić information content (AvgIpc) is 3.04. The first-order valence-corrected chi connectivity index (χ1v) is 11.7. The highest BCUT2D eigenvalue weighted by Gasteiger charge is 2.43. The van der Waals surface area contributed by atoms with E-state index in [9.17, 15) is 9.59 Å². The van der Waals surface area contributed by atoms with Crippen LogP contribution in [0.4, 0.5) is 0 Å². The van der Waals surface area contributed by atoms with Crippen LogP contribution >= 0.6 is 31.9 Å². The van der Waals surface area contributed by atoms with E-state index >= 15 is 0 Å². The Balaban J connectivity index is 1.91. The third kappa shape index (κ3) is 3.73. The zero-order chi connectivity index (χ0) is 23.0. The number of esters is 1. The summed E-state index contributed by atoms with van der Waals surface area (Å²) in [4.78, 5) is 26.5. The molecule has 2 aromatic rings. The van der Waals surface area contributed by atoms with Gasteiger partial charge in [0.2, 0.25) is 0 Å². The molecule has 1 aliphatic heterocycles. The van der Waals surface area contributed by atoms with Gasteiger partial charge in [0.15, 0.2) is 5.78 Å². The molecule has 0 aromatic heterocycles. The minimum atomic E-state index is -0.591. The van der Waals surface area contributed by atoms with Crippen LogP contribution in [0.15, 0.2) is 74.8 Å². The second-order valence-electron chi connectivity index (χ2n) is 7.39. The average molecular weight is 559 g/mol. The molecule has 0 bridgehead atoms. The van der Waals surface area contributed by atoms with Crippen molar-refractivity contribution in [2.75, 3.05) is 13.2 Å². The van der Waals surface area contributed by atoms with Crippen LogP contribution in [-0.2, 0) is 9.53 Å². The normalized spacial score (nSPS) is 17.0. The number of hydrogen-bond donors (Lipinski definition) is 1. The lowest BCUT2D eigenvalue weighted by Gasteiger charge is -2.29. The minimum Gasteiger partial charge on any atom is -0.487 e. The maximum absolute atomic E-state index is 13.5. The fourth-order valence-electron chi connectivity index (χ4n) is 4.17. The number of fused-ring (bicyclic) bond motifs is 2. The van der Waals surface area contributed by atoms with Crippen molar-refractivity contribution in [2.24, 2.45) is 0 Å². The smallest absolute Gasteiger partial charge is 0.336 e. The third-order valence-electron chi connectivity index (χ3n) is 5.44. The molecule has 0 amide bonds. The number of dihydropyridines is 1. The van der Waals surface area contributed by atoms with Crippen LogP contribution in [0, 0.1) is 0 Å². The number of ether oxygens (including phenoxy) is 2. The van der Waals surface area contributed by atoms with Crippen LogP contribution in [-0.4, -0.2) is 25.0 Å². The van der Waals surface area contributed by atoms with Crippen molar-refractivity contribution in [2.45, 2.75) is 19.8 Å². The Hall–Kier alpha value is -2.64. The number of ketones is 1. The summed E-state index contributed by atoms with van der Waals surface area (Å²) in [7, 11) is 0. The van der Waals surface area contributed by atoms with E-state index in [1.165, 1.54) is 0 Å². The number of carbonyl (C=O) groups is 2. The van der Waals surface area contributed by atoms with E-state index in [1.54, 1.807) is 13.0 Å². The lowest BCUT2D eigenvalue weighted by molar-refractivity contribution is -0.138. The first-order chi connectivity index (χ1) is 15.4. The molecule has 2 aromatic carbocycles. The molecule has 0 saturated heterocycles. The summed E-state index contributed by atoms with van der Waals surface area (Å²) in [6.07, 6.45) is 1.66. The van der Waals surface area contributed by atoms with Crippen LogP contribution in [0.1, 0.15) is 41.3 Å². The molecule has 0 fully saturated rings. The van der Waals surface area contributed by atoms with Crippen molar-refractivity contribution in [1.82, 2.24) is 5.32 Å². The Morgan fingerprint density at radius 3 is 2.47 bits per heavy atom. The van der Waals surface area contributed by atoms with Crippen molar-refractivity contribution >= 4 is 49.3 Å². The van der Waals surface area contributed by atoms with Crippen molar-refractivity contribution in [3.63, 3.8) is 0 Å². The second-order valence-corrected chi connectivity index (χ2v) is 9.10. The Bertz CT molecular complexity index is 1190. The maximum Gasteiger partial charge on any atom is 0.336 e. The van der Waals surface area contributed by atoms with Gasteiger partial charge < -0.3 is 14.8 Å². The summed E-state index contributed by atoms with van der Waals surface area (Å²) in [5.74, 6) is -0.513. The van der Waals surface area contributed by atoms with Crippen LogP contribution < -0.4 is 10.1 Å². The number of benzene rings is 2. The highest BCUT2D eigenvalue weighted by atomic mass is 79.9. The van der Waals surface area contributed by atoms with E-state index in [1.807, 2.05) is 43.3 Å². The summed E-state index contributed by atoms with van der Waals surface area (Å²) in [6, 6.07) is 11.2. The van der Waals surface area contributed by atoms with E-state index in [0.29, 0.717) is 43.7 Å². The van der Waals surface area contributed by atoms with Crippen LogP contribution in [0.2, 0.25) is 0 Å². The SMILES string of the molecule is C=CCOc1c(Br)cc([C@@H]2C(C(=O)OCC)=C(C)NC3=C2C(=O)c2ccccc23)cc1Br. The van der Waals surface area contributed by atoms with Crippen molar-refractivity contribution < 1.29 is 19.1 Å². The molecule has 32 heavy (non-hydrogen) atoms. The van der Waals surface area contributed by atoms with E-state index < -0.39 is 11.9 Å². The van der Waals surface area contributed by atoms with Crippen LogP contribution in [0.25, 0.3) is 5.70 Å². The molecule has 0 unspecified atom stereocenters. The summed E-state index contributed by atoms with van der Waals surface area (Å²) in [5, 5.41) is 3.30. The predicted octanol–water partition coefficient (Wildman–Crippen LogP) is 5.91. The molecule has 2 aliphatic rings. The molecule has 1 atom stereocenters. The van der Waals surface area contributed by atoms with E-state index in [2.05, 4.69) is 43.8 Å². The Morgan fingerprint density at radius 2 is 1.84 bits per heavy atom. The summed E-state index contributed by atoms with van der Waals surface area (Å²) >= 11 is 7.15. The van der Waals surface area contributed by atoms with Gasteiger partial charge in [-0.2, -0.15) is 0 Å². The van der Waals surface area contributed by atoms with Gasteiger partial charge in [-0.05, 0) is 63.4 Å². The standard InChI is InChI=1S/C25H21Br2NO4/c1-4-10-32-24-17(26)11-14(12-18(24)27)20-19(25(30)31-5-2)13(3)28-22-15-8-6-7-9-16(15)23(29)21(20)22/h4,6-9,11-12,20,28H,1,5,10H2,2-3H3/t20-/m1/s1. The van der Waals surface area contributed by atoms with Gasteiger partial charge in [0.1, 0.15) is 12.4 Å². The van der Waals surface area contributed by atoms with Crippen molar-refractivity contribution in [1.29, 1.82) is 0 Å². The minimum absolute atomic E-state index is 0.0957. The van der Waals surface area contributed by atoms with Gasteiger partial charge in [-0.25, -0.2) is 4.79 Å². The van der Waals surface area contributed by atoms with E-state index in [-0.39, 0.29) is 12.4 Å². The summed E-state index contributed by atoms with van der Waals surface area (Å²) in [6.45, 7) is 7.87. The fraction of sp³-hybridized carbons (Fsp3) is 0.200. The highest BCUT2D eigenvalue weighted by Crippen LogP contribution is 2.48. The molecule has 0 spiro atoms. The van der Waals surface area contributed by atoms with E-state index in [4.69, 9.17) is 9.47 Å². The summed E-state index contributed by atoms with van der Waals surface area (Å²) < 4.78 is 12.5. The number of halogens is 2. The van der Waals surface area contributed by atoms with Gasteiger partial charge in [-0.3, -0.25) is 4.79 Å². The van der Waals surface area contributed by atoms with Gasteiger partial charge in [0.25, 0.3) is 0 Å². The predicted molar refractivity (Wildman–Crippen MR) is 130 cm³/mol. The van der Waals surface area contributed by atoms with Crippen LogP contribution in [0.5, 0.6) is 5.75 Å². The van der Waals surface area contributed by atoms with Crippen molar-refractivity contribution in [3.05, 3.63) is 91.5 Å². The quantitative estimate of drug-likeness (QED) is 0.353. The molecule has 0 saturated carbocycles. The zero-order valence-corrected chi connectivity index (χ0v) is 20.8. The molecule has 1 N–H and O–H groups in total. The van der Waals surface area contributed by atoms with Gasteiger partial charge >= 0.3 is 5.97 Å². The van der Waals surface area contributed by atoms with Gasteiger partial charge in [0, 0.05) is 28.3 Å². The molecule has 1 aliphatic carbocycles. The highest BCUT2D eigenvalue weighted by molar-refractivity contribution is 9.11. The molecular formula is C25H21Br2NO4. The number of Topliss-reactive ketones (excluding diaryl/α,β-unsaturated/α-hetero) is 1.